The number of pyridine rings is 1. The molecule has 4 aromatic heterocycles. The van der Waals surface area contributed by atoms with Crippen molar-refractivity contribution in [3.05, 3.63) is 89.8 Å². The summed E-state index contributed by atoms with van der Waals surface area (Å²) < 4.78 is 58.1. The minimum Gasteiger partial charge on any atom is -0.492 e. The molecule has 2 aliphatic rings. The molecule has 8 rings (SSSR count). The first-order valence-corrected chi connectivity index (χ1v) is 17.9. The number of benzene rings is 2. The normalized spacial score (nSPS) is 18.8. The molecule has 1 fully saturated rings. The number of halogens is 3. The van der Waals surface area contributed by atoms with Crippen LogP contribution in [0.5, 0.6) is 5.75 Å². The molecule has 2 aliphatic heterocycles. The van der Waals surface area contributed by atoms with E-state index in [1.165, 1.54) is 11.5 Å². The fraction of sp³-hybridized carbons (Fsp3) is 0.282. The number of aromatic nitrogens is 4. The molecular formula is C39H35F3N6O3S. The molecule has 6 heterocycles. The van der Waals surface area contributed by atoms with Crippen LogP contribution < -0.4 is 4.74 Å². The van der Waals surface area contributed by atoms with Crippen LogP contribution in [0.4, 0.5) is 13.2 Å². The predicted molar refractivity (Wildman–Crippen MR) is 194 cm³/mol. The number of fused-ring (bicyclic) bond motifs is 3. The van der Waals surface area contributed by atoms with Crippen LogP contribution in [0.2, 0.25) is 0 Å². The third kappa shape index (κ3) is 5.45. The second-order valence-corrected chi connectivity index (χ2v) is 14.6. The minimum absolute atomic E-state index is 0.0140. The molecule has 0 unspecified atom stereocenters. The van der Waals surface area contributed by atoms with E-state index in [0.717, 1.165) is 39.9 Å². The highest BCUT2D eigenvalue weighted by molar-refractivity contribution is 7.17. The van der Waals surface area contributed by atoms with Crippen molar-refractivity contribution in [2.45, 2.75) is 32.4 Å². The maximum absolute atomic E-state index is 16.4. The Balaban J connectivity index is 1.38. The molecule has 9 nitrogen and oxygen atoms in total. The second kappa shape index (κ2) is 12.7. The summed E-state index contributed by atoms with van der Waals surface area (Å²) in [5, 5.41) is 7.37. The molecule has 0 spiro atoms. The fourth-order valence-corrected chi connectivity index (χ4v) is 8.52. The highest BCUT2D eigenvalue weighted by Crippen LogP contribution is 2.49. The summed E-state index contributed by atoms with van der Waals surface area (Å²) in [5.74, 6) is -3.04. The van der Waals surface area contributed by atoms with Crippen LogP contribution in [0.3, 0.4) is 0 Å². The Morgan fingerprint density at radius 2 is 1.85 bits per heavy atom. The van der Waals surface area contributed by atoms with Crippen LogP contribution in [0, 0.1) is 23.4 Å². The Bertz CT molecular complexity index is 2450. The fourth-order valence-electron chi connectivity index (χ4n) is 7.58. The number of carbonyl (C=O) groups is 2. The van der Waals surface area contributed by atoms with Gasteiger partial charge < -0.3 is 19.1 Å². The van der Waals surface area contributed by atoms with E-state index < -0.39 is 17.5 Å². The zero-order chi connectivity index (χ0) is 36.6. The SMILES string of the molecule is C=CC(=O)N1C[C@H](C)n2nc(-c3nc(-c4ccc5c(ccn5C)c4)c4scc(F)c4c3-c3c(F)cc(F)cc3OC[C@H]3CC(=O)N(C)C3)cc2[C@H]1C. The first-order valence-electron chi connectivity index (χ1n) is 17.0. The number of likely N-dealkylation sites (tertiary alicyclic amines) is 1. The Morgan fingerprint density at radius 1 is 1.04 bits per heavy atom. The maximum Gasteiger partial charge on any atom is 0.246 e. The summed E-state index contributed by atoms with van der Waals surface area (Å²) in [4.78, 5) is 33.5. The second-order valence-electron chi connectivity index (χ2n) is 13.7. The largest absolute Gasteiger partial charge is 0.492 e. The van der Waals surface area contributed by atoms with Crippen LogP contribution >= 0.6 is 11.3 Å². The van der Waals surface area contributed by atoms with Gasteiger partial charge in [0.05, 0.1) is 40.3 Å². The number of ether oxygens (including phenoxy) is 1. The number of aryl methyl sites for hydroxylation is 1. The Labute approximate surface area is 301 Å². The van der Waals surface area contributed by atoms with Crippen LogP contribution in [0.1, 0.15) is 38.0 Å². The third-order valence-corrected chi connectivity index (χ3v) is 11.2. The van der Waals surface area contributed by atoms with Gasteiger partial charge in [-0.25, -0.2) is 18.2 Å². The molecule has 2 amide bonds. The Kier molecular flexibility index (Phi) is 8.20. The molecule has 6 aromatic rings. The van der Waals surface area contributed by atoms with Gasteiger partial charge in [-0.3, -0.25) is 14.3 Å². The number of thiophene rings is 1. The molecule has 13 heteroatoms. The number of amides is 2. The summed E-state index contributed by atoms with van der Waals surface area (Å²) in [6.07, 6.45) is 3.47. The lowest BCUT2D eigenvalue weighted by Crippen LogP contribution is -2.42. The molecule has 266 valence electrons. The van der Waals surface area contributed by atoms with Crippen molar-refractivity contribution in [1.82, 2.24) is 29.1 Å². The maximum atomic E-state index is 16.4. The molecule has 1 saturated heterocycles. The van der Waals surface area contributed by atoms with Gasteiger partial charge in [0, 0.05) is 90.6 Å². The topological polar surface area (TPSA) is 85.5 Å². The summed E-state index contributed by atoms with van der Waals surface area (Å²) in [6.45, 7) is 8.31. The van der Waals surface area contributed by atoms with Gasteiger partial charge in [-0.2, -0.15) is 5.10 Å². The van der Waals surface area contributed by atoms with Crippen molar-refractivity contribution in [1.29, 1.82) is 0 Å². The van der Waals surface area contributed by atoms with E-state index in [1.807, 2.05) is 60.6 Å². The van der Waals surface area contributed by atoms with Gasteiger partial charge in [0.1, 0.15) is 34.6 Å². The molecule has 0 N–H and O–H groups in total. The number of hydrogen-bond acceptors (Lipinski definition) is 6. The first-order chi connectivity index (χ1) is 24.9. The molecule has 0 saturated carbocycles. The van der Waals surface area contributed by atoms with E-state index >= 15 is 8.78 Å². The van der Waals surface area contributed by atoms with E-state index in [9.17, 15) is 14.0 Å². The summed E-state index contributed by atoms with van der Waals surface area (Å²) >= 11 is 1.14. The van der Waals surface area contributed by atoms with Gasteiger partial charge >= 0.3 is 0 Å². The van der Waals surface area contributed by atoms with Crippen molar-refractivity contribution in [2.75, 3.05) is 26.7 Å². The van der Waals surface area contributed by atoms with Gasteiger partial charge in [0.2, 0.25) is 11.8 Å². The highest BCUT2D eigenvalue weighted by atomic mass is 32.1. The zero-order valence-corrected chi connectivity index (χ0v) is 29.8. The zero-order valence-electron chi connectivity index (χ0n) is 29.0. The van der Waals surface area contributed by atoms with E-state index in [0.29, 0.717) is 34.9 Å². The summed E-state index contributed by atoms with van der Waals surface area (Å²) in [7, 11) is 3.64. The van der Waals surface area contributed by atoms with Gasteiger partial charge in [-0.05, 0) is 44.2 Å². The lowest BCUT2D eigenvalue weighted by molar-refractivity contribution is -0.129. The van der Waals surface area contributed by atoms with E-state index in [-0.39, 0.29) is 70.8 Å². The molecule has 0 aliphatic carbocycles. The lowest BCUT2D eigenvalue weighted by Gasteiger charge is -2.36. The minimum atomic E-state index is -0.962. The van der Waals surface area contributed by atoms with Crippen molar-refractivity contribution in [3.63, 3.8) is 0 Å². The highest BCUT2D eigenvalue weighted by Gasteiger charge is 2.35. The number of hydrogen-bond donors (Lipinski definition) is 0. The quantitative estimate of drug-likeness (QED) is 0.156. The van der Waals surface area contributed by atoms with Crippen LogP contribution in [-0.4, -0.2) is 67.7 Å². The smallest absolute Gasteiger partial charge is 0.246 e. The first kappa shape index (κ1) is 33.7. The molecule has 52 heavy (non-hydrogen) atoms. The van der Waals surface area contributed by atoms with Crippen LogP contribution in [-0.2, 0) is 16.6 Å². The van der Waals surface area contributed by atoms with Crippen molar-refractivity contribution < 1.29 is 27.5 Å². The summed E-state index contributed by atoms with van der Waals surface area (Å²) in [6, 6.07) is 10.8. The Morgan fingerprint density at radius 3 is 2.60 bits per heavy atom. The molecule has 0 radical (unpaired) electrons. The molecular weight excluding hydrogens is 690 g/mol. The van der Waals surface area contributed by atoms with Gasteiger partial charge in [0.25, 0.3) is 0 Å². The van der Waals surface area contributed by atoms with Crippen molar-refractivity contribution in [2.24, 2.45) is 13.0 Å². The average molecular weight is 725 g/mol. The van der Waals surface area contributed by atoms with Crippen LogP contribution in [0.15, 0.2) is 66.7 Å². The van der Waals surface area contributed by atoms with E-state index in [2.05, 4.69) is 6.58 Å². The predicted octanol–water partition coefficient (Wildman–Crippen LogP) is 7.91. The summed E-state index contributed by atoms with van der Waals surface area (Å²) in [5.41, 5.74) is 3.30. The van der Waals surface area contributed by atoms with Gasteiger partial charge in [-0.15, -0.1) is 11.3 Å². The molecule has 2 aromatic carbocycles. The van der Waals surface area contributed by atoms with Crippen molar-refractivity contribution >= 4 is 44.1 Å². The number of carbonyl (C=O) groups excluding carboxylic acids is 2. The Hall–Kier alpha value is -5.43. The number of nitrogens with zero attached hydrogens (tertiary/aromatic N) is 6. The average Bonchev–Trinajstić information content (AvgIpc) is 3.91. The number of rotatable bonds is 7. The lowest BCUT2D eigenvalue weighted by atomic mass is 9.94. The monoisotopic (exact) mass is 724 g/mol. The third-order valence-electron chi connectivity index (χ3n) is 10.2. The van der Waals surface area contributed by atoms with Gasteiger partial charge in [0.15, 0.2) is 0 Å². The van der Waals surface area contributed by atoms with E-state index in [4.69, 9.17) is 14.8 Å². The standard InChI is InChI=1S/C39H35F3N6O3S/c1-6-32(49)47-16-20(2)48-30(21(47)3)15-28(44-48)38-36(34-26(41)13-25(40)14-31(34)51-18-22-11-33(50)46(5)17-22)35-27(42)19-52-39(35)37(43-38)24-7-8-29-23(12-24)9-10-45(29)4/h6-10,12-15,19-22H,1,11,16-18H2,2-5H3/t20-,21+,22-/m0/s1. The molecule has 3 atom stereocenters. The van der Waals surface area contributed by atoms with Crippen molar-refractivity contribution in [3.8, 4) is 39.5 Å². The van der Waals surface area contributed by atoms with E-state index in [1.54, 1.807) is 22.9 Å². The van der Waals surface area contributed by atoms with Crippen LogP contribution in [0.25, 0.3) is 54.8 Å². The van der Waals surface area contributed by atoms with Gasteiger partial charge in [-0.1, -0.05) is 12.6 Å². The molecule has 0 bridgehead atoms.